The molecule has 1 atom stereocenters. The third kappa shape index (κ3) is 4.78. The Morgan fingerprint density at radius 2 is 1.11 bits per heavy atom. The Morgan fingerprint density at radius 3 is 1.75 bits per heavy atom. The predicted molar refractivity (Wildman–Crippen MR) is 154 cm³/mol. The molecule has 0 bridgehead atoms. The maximum atomic E-state index is 5.26. The molecule has 1 aliphatic heterocycles. The number of para-hydroxylation sites is 2. The third-order valence-electron chi connectivity index (χ3n) is 6.98. The first kappa shape index (κ1) is 22.9. The van der Waals surface area contributed by atoms with Crippen molar-refractivity contribution in [3.05, 3.63) is 133 Å². The van der Waals surface area contributed by atoms with Crippen molar-refractivity contribution in [2.24, 2.45) is 0 Å². The molecule has 0 N–H and O–H groups in total. The largest absolute Gasteiger partial charge is 0.369 e. The second-order valence-electron chi connectivity index (χ2n) is 9.20. The molecule has 4 heteroatoms. The number of pyridine rings is 1. The van der Waals surface area contributed by atoms with Crippen LogP contribution in [0.5, 0.6) is 0 Å². The van der Waals surface area contributed by atoms with Gasteiger partial charge in [-0.15, -0.1) is 0 Å². The lowest BCUT2D eigenvalue weighted by Crippen LogP contribution is -2.48. The lowest BCUT2D eigenvalue weighted by molar-refractivity contribution is 0.238. The molecular weight excluding hydrogens is 457 g/mol. The minimum atomic E-state index is -0.692. The van der Waals surface area contributed by atoms with Crippen LogP contribution in [0.1, 0.15) is 11.5 Å². The molecule has 0 saturated carbocycles. The molecule has 1 aliphatic rings. The molecule has 5 aromatic rings. The molecule has 0 spiro atoms. The molecule has 1 fully saturated rings. The van der Waals surface area contributed by atoms with Gasteiger partial charge in [0, 0.05) is 37.3 Å². The summed E-state index contributed by atoms with van der Waals surface area (Å²) >= 11 is 0. The second kappa shape index (κ2) is 10.6. The maximum absolute atomic E-state index is 5.26. The SMILES string of the molecule is c1ccc(N2CCN(C(c3ccc4ccccc4n3)P(c3ccccc3)c3ccccc3)CC2)cc1. The van der Waals surface area contributed by atoms with Crippen molar-refractivity contribution < 1.29 is 0 Å². The van der Waals surface area contributed by atoms with Crippen LogP contribution in [-0.4, -0.2) is 36.1 Å². The van der Waals surface area contributed by atoms with E-state index in [4.69, 9.17) is 4.98 Å². The van der Waals surface area contributed by atoms with E-state index in [1.54, 1.807) is 0 Å². The van der Waals surface area contributed by atoms with Gasteiger partial charge in [-0.3, -0.25) is 9.88 Å². The van der Waals surface area contributed by atoms with Crippen LogP contribution in [0.2, 0.25) is 0 Å². The average molecular weight is 488 g/mol. The molecule has 6 rings (SSSR count). The highest BCUT2D eigenvalue weighted by atomic mass is 31.1. The van der Waals surface area contributed by atoms with Crippen LogP contribution >= 0.6 is 7.92 Å². The molecule has 0 radical (unpaired) electrons. The molecule has 0 aliphatic carbocycles. The standard InChI is InChI=1S/C32H30N3P/c1-4-13-27(14-5-1)34-22-24-35(25-23-34)32(31-21-20-26-12-10-11-19-30(26)33-31)36(28-15-6-2-7-16-28)29-17-8-3-9-18-29/h1-21,32H,22-25H2. The van der Waals surface area contributed by atoms with E-state index in [0.29, 0.717) is 0 Å². The number of hydrogen-bond acceptors (Lipinski definition) is 3. The number of benzene rings is 4. The molecular formula is C32H30N3P. The number of fused-ring (bicyclic) bond motifs is 1. The van der Waals surface area contributed by atoms with Gasteiger partial charge in [-0.2, -0.15) is 0 Å². The lowest BCUT2D eigenvalue weighted by Gasteiger charge is -2.43. The Labute approximate surface area is 214 Å². The van der Waals surface area contributed by atoms with Crippen molar-refractivity contribution in [2.45, 2.75) is 5.78 Å². The van der Waals surface area contributed by atoms with E-state index < -0.39 is 7.92 Å². The molecule has 0 amide bonds. The summed E-state index contributed by atoms with van der Waals surface area (Å²) in [4.78, 5) is 10.5. The number of rotatable bonds is 6. The third-order valence-corrected chi connectivity index (χ3v) is 9.77. The van der Waals surface area contributed by atoms with E-state index in [0.717, 1.165) is 31.7 Å². The van der Waals surface area contributed by atoms with Crippen LogP contribution in [0.25, 0.3) is 10.9 Å². The Bertz CT molecular complexity index is 1360. The molecule has 1 unspecified atom stereocenters. The van der Waals surface area contributed by atoms with Crippen LogP contribution in [0, 0.1) is 0 Å². The summed E-state index contributed by atoms with van der Waals surface area (Å²) in [6, 6.07) is 45.9. The van der Waals surface area contributed by atoms with Crippen LogP contribution < -0.4 is 15.5 Å². The summed E-state index contributed by atoms with van der Waals surface area (Å²) in [5.41, 5.74) is 3.55. The van der Waals surface area contributed by atoms with Crippen molar-refractivity contribution in [1.29, 1.82) is 0 Å². The summed E-state index contributed by atoms with van der Waals surface area (Å²) in [5.74, 6) is 0.201. The summed E-state index contributed by atoms with van der Waals surface area (Å²) in [6.07, 6.45) is 0. The minimum Gasteiger partial charge on any atom is -0.369 e. The Kier molecular flexibility index (Phi) is 6.76. The fourth-order valence-corrected chi connectivity index (χ4v) is 8.00. The zero-order valence-corrected chi connectivity index (χ0v) is 21.2. The summed E-state index contributed by atoms with van der Waals surface area (Å²) < 4.78 is 0. The van der Waals surface area contributed by atoms with Crippen LogP contribution in [0.3, 0.4) is 0 Å². The molecule has 36 heavy (non-hydrogen) atoms. The molecule has 1 aromatic heterocycles. The molecule has 2 heterocycles. The van der Waals surface area contributed by atoms with Crippen molar-refractivity contribution in [3.63, 3.8) is 0 Å². The van der Waals surface area contributed by atoms with E-state index in [1.807, 2.05) is 0 Å². The van der Waals surface area contributed by atoms with Gasteiger partial charge >= 0.3 is 0 Å². The Hall–Kier alpha value is -3.52. The van der Waals surface area contributed by atoms with E-state index in [9.17, 15) is 0 Å². The van der Waals surface area contributed by atoms with Crippen LogP contribution in [0.4, 0.5) is 5.69 Å². The quantitative estimate of drug-likeness (QED) is 0.266. The van der Waals surface area contributed by atoms with Crippen LogP contribution in [-0.2, 0) is 0 Å². The maximum Gasteiger partial charge on any atom is 0.0806 e. The van der Waals surface area contributed by atoms with E-state index in [1.165, 1.54) is 27.4 Å². The smallest absolute Gasteiger partial charge is 0.0806 e. The highest BCUT2D eigenvalue weighted by Gasteiger charge is 2.34. The average Bonchev–Trinajstić information content (AvgIpc) is 2.97. The zero-order valence-electron chi connectivity index (χ0n) is 20.3. The second-order valence-corrected chi connectivity index (χ2v) is 11.5. The first-order valence-corrected chi connectivity index (χ1v) is 14.1. The summed E-state index contributed by atoms with van der Waals surface area (Å²) in [6.45, 7) is 4.04. The number of anilines is 1. The predicted octanol–water partition coefficient (Wildman–Crippen LogP) is 6.19. The van der Waals surface area contributed by atoms with Gasteiger partial charge in [0.25, 0.3) is 0 Å². The topological polar surface area (TPSA) is 19.4 Å². The van der Waals surface area contributed by atoms with Gasteiger partial charge in [-0.05, 0) is 42.8 Å². The van der Waals surface area contributed by atoms with Crippen molar-refractivity contribution in [1.82, 2.24) is 9.88 Å². The van der Waals surface area contributed by atoms with Gasteiger partial charge in [0.1, 0.15) is 0 Å². The van der Waals surface area contributed by atoms with E-state index in [-0.39, 0.29) is 5.78 Å². The number of nitrogens with zero attached hydrogens (tertiary/aromatic N) is 3. The van der Waals surface area contributed by atoms with E-state index >= 15 is 0 Å². The number of aromatic nitrogens is 1. The van der Waals surface area contributed by atoms with Crippen molar-refractivity contribution in [3.8, 4) is 0 Å². The first-order chi connectivity index (χ1) is 17.9. The highest BCUT2D eigenvalue weighted by molar-refractivity contribution is 7.73. The van der Waals surface area contributed by atoms with Crippen molar-refractivity contribution in [2.75, 3.05) is 31.1 Å². The fourth-order valence-electron chi connectivity index (χ4n) is 5.18. The van der Waals surface area contributed by atoms with Crippen molar-refractivity contribution >= 4 is 35.1 Å². The van der Waals surface area contributed by atoms with Gasteiger partial charge in [0.05, 0.1) is 17.0 Å². The van der Waals surface area contributed by atoms with Gasteiger partial charge in [-0.1, -0.05) is 103 Å². The molecule has 3 nitrogen and oxygen atoms in total. The van der Waals surface area contributed by atoms with Gasteiger partial charge in [-0.25, -0.2) is 0 Å². The summed E-state index contributed by atoms with van der Waals surface area (Å²) in [7, 11) is -0.692. The van der Waals surface area contributed by atoms with Gasteiger partial charge in [0.2, 0.25) is 0 Å². The lowest BCUT2D eigenvalue weighted by atomic mass is 10.2. The Morgan fingerprint density at radius 1 is 0.556 bits per heavy atom. The Balaban J connectivity index is 1.42. The van der Waals surface area contributed by atoms with Gasteiger partial charge < -0.3 is 4.90 Å². The number of piperazine rings is 1. The summed E-state index contributed by atoms with van der Waals surface area (Å²) in [5, 5.41) is 3.98. The zero-order chi connectivity index (χ0) is 24.2. The van der Waals surface area contributed by atoms with Crippen LogP contribution in [0.15, 0.2) is 127 Å². The van der Waals surface area contributed by atoms with E-state index in [2.05, 4.69) is 137 Å². The monoisotopic (exact) mass is 487 g/mol. The normalized spacial score (nSPS) is 15.3. The molecule has 1 saturated heterocycles. The molecule has 178 valence electrons. The first-order valence-electron chi connectivity index (χ1n) is 12.7. The number of hydrogen-bond donors (Lipinski definition) is 0. The highest BCUT2D eigenvalue weighted by Crippen LogP contribution is 2.51. The fraction of sp³-hybridized carbons (Fsp3) is 0.156. The molecule has 4 aromatic carbocycles. The minimum absolute atomic E-state index is 0.201. The van der Waals surface area contributed by atoms with Gasteiger partial charge in [0.15, 0.2) is 0 Å².